The fourth-order valence-corrected chi connectivity index (χ4v) is 3.44. The number of aromatic nitrogens is 3. The minimum Gasteiger partial charge on any atom is -0.332 e. The Kier molecular flexibility index (Phi) is 4.98. The summed E-state index contributed by atoms with van der Waals surface area (Å²) >= 11 is 0. The molecule has 4 rings (SSSR count). The van der Waals surface area contributed by atoms with E-state index in [4.69, 9.17) is 0 Å². The van der Waals surface area contributed by atoms with Crippen LogP contribution < -0.4 is 0 Å². The van der Waals surface area contributed by atoms with Gasteiger partial charge >= 0.3 is 0 Å². The number of rotatable bonds is 5. The number of amides is 1. The molecule has 154 valence electrons. The summed E-state index contributed by atoms with van der Waals surface area (Å²) in [4.78, 5) is 29.2. The van der Waals surface area contributed by atoms with Crippen LogP contribution in [0.4, 0.5) is 14.5 Å². The lowest BCUT2D eigenvalue weighted by molar-refractivity contribution is -0.385. The molecule has 3 aromatic rings. The molecular weight excluding hydrogens is 396 g/mol. The number of nitro groups is 1. The lowest BCUT2D eigenvalue weighted by atomic mass is 10.1. The van der Waals surface area contributed by atoms with Crippen LogP contribution in [-0.4, -0.2) is 30.5 Å². The molecule has 30 heavy (non-hydrogen) atoms. The number of carbonyl (C=O) groups excluding carboxylic acids is 1. The molecule has 3 heterocycles. The van der Waals surface area contributed by atoms with Crippen LogP contribution in [0.5, 0.6) is 0 Å². The minimum atomic E-state index is -0.841. The van der Waals surface area contributed by atoms with Crippen LogP contribution in [0.15, 0.2) is 36.5 Å². The van der Waals surface area contributed by atoms with Crippen molar-refractivity contribution in [3.63, 3.8) is 0 Å². The summed E-state index contributed by atoms with van der Waals surface area (Å²) in [5.41, 5.74) is 1.42. The number of carbonyl (C=O) groups is 1. The van der Waals surface area contributed by atoms with Gasteiger partial charge in [-0.3, -0.25) is 19.6 Å². The third-order valence-electron chi connectivity index (χ3n) is 4.98. The molecule has 1 amide bonds. The molecule has 1 aromatic carbocycles. The molecule has 0 saturated carbocycles. The van der Waals surface area contributed by atoms with Crippen molar-refractivity contribution in [3.8, 4) is 11.3 Å². The smallest absolute Gasteiger partial charge is 0.291 e. The summed E-state index contributed by atoms with van der Waals surface area (Å²) in [6, 6.07) is 5.44. The van der Waals surface area contributed by atoms with Gasteiger partial charge in [0.2, 0.25) is 5.91 Å². The van der Waals surface area contributed by atoms with E-state index in [1.807, 2.05) is 13.1 Å². The molecule has 0 unspecified atom stereocenters. The molecule has 0 aliphatic carbocycles. The van der Waals surface area contributed by atoms with Crippen molar-refractivity contribution in [1.82, 2.24) is 19.7 Å². The van der Waals surface area contributed by atoms with Crippen LogP contribution in [0, 0.1) is 21.7 Å². The van der Waals surface area contributed by atoms with Crippen LogP contribution in [0.2, 0.25) is 0 Å². The van der Waals surface area contributed by atoms with Gasteiger partial charge < -0.3 is 4.90 Å². The fraction of sp³-hybridized carbons (Fsp3) is 0.250. The summed E-state index contributed by atoms with van der Waals surface area (Å²) in [6.07, 6.45) is 1.56. The van der Waals surface area contributed by atoms with E-state index in [0.717, 1.165) is 23.9 Å². The van der Waals surface area contributed by atoms with Crippen molar-refractivity contribution in [1.29, 1.82) is 0 Å². The van der Waals surface area contributed by atoms with Crippen molar-refractivity contribution < 1.29 is 18.5 Å². The third kappa shape index (κ3) is 3.63. The van der Waals surface area contributed by atoms with Gasteiger partial charge in [0.25, 0.3) is 5.69 Å². The van der Waals surface area contributed by atoms with E-state index >= 15 is 0 Å². The molecule has 0 fully saturated rings. The first kappa shape index (κ1) is 19.6. The second-order valence-corrected chi connectivity index (χ2v) is 6.93. The van der Waals surface area contributed by atoms with Gasteiger partial charge in [0.05, 0.1) is 29.3 Å². The molecule has 0 saturated heterocycles. The van der Waals surface area contributed by atoms with Crippen molar-refractivity contribution in [2.75, 3.05) is 0 Å². The summed E-state index contributed by atoms with van der Waals surface area (Å²) < 4.78 is 29.1. The highest BCUT2D eigenvalue weighted by molar-refractivity contribution is 5.80. The largest absolute Gasteiger partial charge is 0.332 e. The number of hydrogen-bond acceptors (Lipinski definition) is 5. The van der Waals surface area contributed by atoms with Crippen molar-refractivity contribution in [3.05, 3.63) is 75.2 Å². The quantitative estimate of drug-likeness (QED) is 0.473. The second-order valence-electron chi connectivity index (χ2n) is 6.93. The number of aryl methyl sites for hydroxylation is 1. The first-order chi connectivity index (χ1) is 14.4. The lowest BCUT2D eigenvalue weighted by Gasteiger charge is -2.16. The van der Waals surface area contributed by atoms with E-state index in [1.54, 1.807) is 9.58 Å². The summed E-state index contributed by atoms with van der Waals surface area (Å²) in [5.74, 6) is -1.93. The van der Waals surface area contributed by atoms with Crippen molar-refractivity contribution in [2.24, 2.45) is 0 Å². The summed E-state index contributed by atoms with van der Waals surface area (Å²) in [5, 5.41) is 15.8. The van der Waals surface area contributed by atoms with Gasteiger partial charge in [0.15, 0.2) is 0 Å². The summed E-state index contributed by atoms with van der Waals surface area (Å²) in [7, 11) is 0. The monoisotopic (exact) mass is 413 g/mol. The van der Waals surface area contributed by atoms with Crippen LogP contribution in [0.3, 0.4) is 0 Å². The fourth-order valence-electron chi connectivity index (χ4n) is 3.44. The number of pyridine rings is 1. The third-order valence-corrected chi connectivity index (χ3v) is 4.98. The Balaban J connectivity index is 1.60. The van der Waals surface area contributed by atoms with Crippen molar-refractivity contribution >= 4 is 11.6 Å². The number of fused-ring (bicyclic) bond motifs is 1. The molecule has 0 radical (unpaired) electrons. The normalized spacial score (nSPS) is 12.8. The molecule has 0 atom stereocenters. The van der Waals surface area contributed by atoms with E-state index in [1.165, 1.54) is 18.2 Å². The van der Waals surface area contributed by atoms with Crippen molar-refractivity contribution in [2.45, 2.75) is 33.0 Å². The van der Waals surface area contributed by atoms with Gasteiger partial charge in [0.1, 0.15) is 17.3 Å². The maximum absolute atomic E-state index is 14.1. The SMILES string of the molecule is CCn1cc2c(n1)CN(C(=O)Cc1nc(-c3ccc(F)cc3F)ccc1[N+](=O)[O-])C2. The number of nitrogens with zero attached hydrogens (tertiary/aromatic N) is 5. The first-order valence-electron chi connectivity index (χ1n) is 9.28. The molecule has 0 N–H and O–H groups in total. The Morgan fingerprint density at radius 1 is 1.23 bits per heavy atom. The molecule has 0 spiro atoms. The van der Waals surface area contributed by atoms with Gasteiger partial charge in [-0.2, -0.15) is 5.10 Å². The lowest BCUT2D eigenvalue weighted by Crippen LogP contribution is -2.28. The number of benzene rings is 1. The Bertz CT molecular complexity index is 1140. The highest BCUT2D eigenvalue weighted by Crippen LogP contribution is 2.28. The molecule has 2 aromatic heterocycles. The average molecular weight is 413 g/mol. The Hall–Kier alpha value is -3.69. The zero-order valence-electron chi connectivity index (χ0n) is 16.0. The number of halogens is 2. The Labute approximate surface area is 169 Å². The molecular formula is C20H17F2N5O3. The maximum Gasteiger partial charge on any atom is 0.291 e. The van der Waals surface area contributed by atoms with Gasteiger partial charge in [0, 0.05) is 42.5 Å². The molecule has 0 bridgehead atoms. The zero-order valence-corrected chi connectivity index (χ0v) is 16.0. The predicted octanol–water partition coefficient (Wildman–Crippen LogP) is 3.24. The molecule has 1 aliphatic heterocycles. The van der Waals surface area contributed by atoms with E-state index in [9.17, 15) is 23.7 Å². The van der Waals surface area contributed by atoms with E-state index in [-0.39, 0.29) is 35.0 Å². The van der Waals surface area contributed by atoms with Crippen LogP contribution in [0.1, 0.15) is 23.9 Å². The topological polar surface area (TPSA) is 94.2 Å². The molecule has 10 heteroatoms. The van der Waals surface area contributed by atoms with Crippen LogP contribution in [0.25, 0.3) is 11.3 Å². The van der Waals surface area contributed by atoms with E-state index in [2.05, 4.69) is 10.1 Å². The van der Waals surface area contributed by atoms with Gasteiger partial charge in [-0.15, -0.1) is 0 Å². The van der Waals surface area contributed by atoms with Gasteiger partial charge in [-0.05, 0) is 25.1 Å². The zero-order chi connectivity index (χ0) is 21.4. The molecule has 8 nitrogen and oxygen atoms in total. The second kappa shape index (κ2) is 7.62. The standard InChI is InChI=1S/C20H17F2N5O3/c1-2-26-10-12-9-25(11-18(12)24-26)20(28)8-17-19(27(29)30)6-5-16(23-17)14-4-3-13(21)7-15(14)22/h3-7,10H,2,8-9,11H2,1H3. The highest BCUT2D eigenvalue weighted by Gasteiger charge is 2.29. The van der Waals surface area contributed by atoms with E-state index < -0.39 is 16.6 Å². The Morgan fingerprint density at radius 3 is 2.70 bits per heavy atom. The maximum atomic E-state index is 14.1. The van der Waals surface area contributed by atoms with Gasteiger partial charge in [-0.1, -0.05) is 0 Å². The minimum absolute atomic E-state index is 0.00475. The van der Waals surface area contributed by atoms with Crippen LogP contribution in [-0.2, 0) is 30.8 Å². The Morgan fingerprint density at radius 2 is 2.03 bits per heavy atom. The van der Waals surface area contributed by atoms with Crippen LogP contribution >= 0.6 is 0 Å². The average Bonchev–Trinajstić information content (AvgIpc) is 3.26. The molecule has 1 aliphatic rings. The summed E-state index contributed by atoms with van der Waals surface area (Å²) in [6.45, 7) is 3.38. The number of hydrogen-bond donors (Lipinski definition) is 0. The predicted molar refractivity (Wildman–Crippen MR) is 102 cm³/mol. The van der Waals surface area contributed by atoms with E-state index in [0.29, 0.717) is 19.2 Å². The van der Waals surface area contributed by atoms with Gasteiger partial charge in [-0.25, -0.2) is 13.8 Å². The first-order valence-corrected chi connectivity index (χ1v) is 9.28. The highest BCUT2D eigenvalue weighted by atomic mass is 19.1.